The van der Waals surface area contributed by atoms with E-state index in [9.17, 15) is 23.3 Å². The minimum atomic E-state index is -3.18. The number of nitro benzene ring substituents is 1. The van der Waals surface area contributed by atoms with Gasteiger partial charge in [0.1, 0.15) is 9.84 Å². The molecule has 0 fully saturated rings. The monoisotopic (exact) mass is 315 g/mol. The molecule has 1 rings (SSSR count). The molecule has 21 heavy (non-hydrogen) atoms. The van der Waals surface area contributed by atoms with Crippen molar-refractivity contribution in [1.82, 2.24) is 0 Å². The number of sulfone groups is 1. The van der Waals surface area contributed by atoms with Crippen LogP contribution in [0.3, 0.4) is 0 Å². The van der Waals surface area contributed by atoms with Crippen LogP contribution in [0.1, 0.15) is 12.0 Å². The fraction of sp³-hybridized carbons (Fsp3) is 0.417. The maximum atomic E-state index is 11.8. The van der Waals surface area contributed by atoms with E-state index in [1.54, 1.807) is 6.92 Å². The van der Waals surface area contributed by atoms with Crippen molar-refractivity contribution < 1.29 is 18.1 Å². The number of nitrogens with zero attached hydrogens (tertiary/aromatic N) is 1. The summed E-state index contributed by atoms with van der Waals surface area (Å²) in [7, 11) is -3.18. The second kappa shape index (κ2) is 6.64. The van der Waals surface area contributed by atoms with E-state index in [1.807, 2.05) is 0 Å². The van der Waals surface area contributed by atoms with Crippen LogP contribution in [-0.4, -0.2) is 37.3 Å². The number of aryl methyl sites for hydroxylation is 1. The Morgan fingerprint density at radius 1 is 1.48 bits per heavy atom. The quantitative estimate of drug-likeness (QED) is 0.583. The summed E-state index contributed by atoms with van der Waals surface area (Å²) in [6.07, 6.45) is 1.08. The third kappa shape index (κ3) is 5.48. The number of non-ortho nitro benzene ring substituents is 1. The van der Waals surface area contributed by atoms with Crippen LogP contribution in [0.4, 0.5) is 11.4 Å². The van der Waals surface area contributed by atoms with Gasteiger partial charge in [0.25, 0.3) is 5.69 Å². The summed E-state index contributed by atoms with van der Waals surface area (Å²) in [5.41, 5.74) is 6.46. The van der Waals surface area contributed by atoms with Gasteiger partial charge < -0.3 is 11.1 Å². The summed E-state index contributed by atoms with van der Waals surface area (Å²) in [5, 5.41) is 13.1. The predicted octanol–water partition coefficient (Wildman–Crippen LogP) is 0.604. The number of nitrogens with one attached hydrogen (secondary N) is 1. The van der Waals surface area contributed by atoms with E-state index in [-0.39, 0.29) is 17.9 Å². The van der Waals surface area contributed by atoms with E-state index in [0.29, 0.717) is 11.3 Å². The number of hydrogen-bond acceptors (Lipinski definition) is 6. The number of hydrogen-bond donors (Lipinski definition) is 2. The molecule has 116 valence electrons. The maximum Gasteiger partial charge on any atom is 0.269 e. The Morgan fingerprint density at radius 2 is 2.10 bits per heavy atom. The molecule has 0 heterocycles. The van der Waals surface area contributed by atoms with Gasteiger partial charge in [-0.2, -0.15) is 0 Å². The highest BCUT2D eigenvalue weighted by Gasteiger charge is 2.17. The van der Waals surface area contributed by atoms with Crippen molar-refractivity contribution >= 4 is 27.1 Å². The Bertz CT molecular complexity index is 657. The van der Waals surface area contributed by atoms with Crippen LogP contribution in [0.5, 0.6) is 0 Å². The van der Waals surface area contributed by atoms with Gasteiger partial charge in [0.15, 0.2) is 0 Å². The third-order valence-corrected chi connectivity index (χ3v) is 3.79. The standard InChI is InChI=1S/C12H17N3O5S/c1-8-7-9(15(17)18)3-4-11(8)14-12(16)10(13)5-6-21(2,19)20/h3-4,7,10H,5-6,13H2,1-2H3,(H,14,16). The Balaban J connectivity index is 2.72. The number of benzene rings is 1. The van der Waals surface area contributed by atoms with Crippen LogP contribution >= 0.6 is 0 Å². The first kappa shape index (κ1) is 17.1. The minimum Gasteiger partial charge on any atom is -0.324 e. The molecule has 8 nitrogen and oxygen atoms in total. The van der Waals surface area contributed by atoms with Crippen molar-refractivity contribution in [2.45, 2.75) is 19.4 Å². The summed E-state index contributed by atoms with van der Waals surface area (Å²) in [5.74, 6) is -0.712. The van der Waals surface area contributed by atoms with Gasteiger partial charge in [0, 0.05) is 24.1 Å². The first-order valence-corrected chi connectivity index (χ1v) is 8.15. The van der Waals surface area contributed by atoms with Gasteiger partial charge in [-0.25, -0.2) is 8.42 Å². The van der Waals surface area contributed by atoms with E-state index < -0.39 is 26.7 Å². The molecule has 0 spiro atoms. The molecular weight excluding hydrogens is 298 g/mol. The second-order valence-corrected chi connectivity index (χ2v) is 7.03. The molecule has 0 saturated carbocycles. The summed E-state index contributed by atoms with van der Waals surface area (Å²) in [4.78, 5) is 21.9. The molecule has 1 aromatic rings. The van der Waals surface area contributed by atoms with E-state index in [2.05, 4.69) is 5.32 Å². The van der Waals surface area contributed by atoms with Gasteiger partial charge in [-0.1, -0.05) is 0 Å². The first-order valence-electron chi connectivity index (χ1n) is 6.09. The lowest BCUT2D eigenvalue weighted by Crippen LogP contribution is -2.37. The van der Waals surface area contributed by atoms with E-state index in [1.165, 1.54) is 18.2 Å². The summed E-state index contributed by atoms with van der Waals surface area (Å²) in [6, 6.07) is 3.05. The van der Waals surface area contributed by atoms with Gasteiger partial charge in [0.2, 0.25) is 5.91 Å². The molecule has 1 aromatic carbocycles. The fourth-order valence-corrected chi connectivity index (χ4v) is 2.28. The normalized spacial score (nSPS) is 12.7. The van der Waals surface area contributed by atoms with Gasteiger partial charge in [0.05, 0.1) is 16.7 Å². The number of nitro groups is 1. The van der Waals surface area contributed by atoms with Gasteiger partial charge in [-0.3, -0.25) is 14.9 Å². The van der Waals surface area contributed by atoms with Gasteiger partial charge >= 0.3 is 0 Å². The Kier molecular flexibility index (Phi) is 5.39. The minimum absolute atomic E-state index is 0.0106. The topological polar surface area (TPSA) is 132 Å². The van der Waals surface area contributed by atoms with E-state index in [0.717, 1.165) is 6.26 Å². The van der Waals surface area contributed by atoms with E-state index in [4.69, 9.17) is 5.73 Å². The molecule has 1 amide bonds. The number of carbonyl (C=O) groups is 1. The molecule has 1 unspecified atom stereocenters. The van der Waals surface area contributed by atoms with E-state index >= 15 is 0 Å². The molecule has 9 heteroatoms. The molecule has 0 aliphatic heterocycles. The lowest BCUT2D eigenvalue weighted by atomic mass is 10.1. The van der Waals surface area contributed by atoms with Crippen LogP contribution in [0.2, 0.25) is 0 Å². The Hall–Kier alpha value is -2.00. The van der Waals surface area contributed by atoms with Crippen LogP contribution < -0.4 is 11.1 Å². The highest BCUT2D eigenvalue weighted by atomic mass is 32.2. The zero-order valence-corrected chi connectivity index (χ0v) is 12.5. The highest BCUT2D eigenvalue weighted by Crippen LogP contribution is 2.21. The van der Waals surface area contributed by atoms with Crippen LogP contribution in [0.15, 0.2) is 18.2 Å². The van der Waals surface area contributed by atoms with Crippen molar-refractivity contribution in [1.29, 1.82) is 0 Å². The molecule has 0 aliphatic carbocycles. The number of rotatable bonds is 6. The molecule has 0 radical (unpaired) electrons. The molecule has 3 N–H and O–H groups in total. The predicted molar refractivity (Wildman–Crippen MR) is 78.8 cm³/mol. The molecule has 0 aliphatic rings. The molecule has 0 aromatic heterocycles. The average Bonchev–Trinajstić information content (AvgIpc) is 2.37. The number of amides is 1. The van der Waals surface area contributed by atoms with Crippen molar-refractivity contribution in [3.05, 3.63) is 33.9 Å². The van der Waals surface area contributed by atoms with Crippen LogP contribution in [-0.2, 0) is 14.6 Å². The summed E-state index contributed by atoms with van der Waals surface area (Å²) in [6.45, 7) is 1.62. The SMILES string of the molecule is Cc1cc([N+](=O)[O-])ccc1NC(=O)C(N)CCS(C)(=O)=O. The molecule has 0 saturated heterocycles. The Morgan fingerprint density at radius 3 is 2.57 bits per heavy atom. The van der Waals surface area contributed by atoms with Gasteiger partial charge in [-0.05, 0) is 25.0 Å². The number of carbonyl (C=O) groups excluding carboxylic acids is 1. The lowest BCUT2D eigenvalue weighted by Gasteiger charge is -2.13. The molecular formula is C12H17N3O5S. The zero-order chi connectivity index (χ0) is 16.2. The average molecular weight is 315 g/mol. The third-order valence-electron chi connectivity index (χ3n) is 2.82. The molecule has 0 bridgehead atoms. The number of anilines is 1. The van der Waals surface area contributed by atoms with Crippen molar-refractivity contribution in [3.63, 3.8) is 0 Å². The zero-order valence-electron chi connectivity index (χ0n) is 11.7. The number of nitrogens with two attached hydrogens (primary N) is 1. The largest absolute Gasteiger partial charge is 0.324 e. The van der Waals surface area contributed by atoms with Crippen molar-refractivity contribution in [3.8, 4) is 0 Å². The van der Waals surface area contributed by atoms with Crippen molar-refractivity contribution in [2.24, 2.45) is 5.73 Å². The van der Waals surface area contributed by atoms with Crippen LogP contribution in [0.25, 0.3) is 0 Å². The smallest absolute Gasteiger partial charge is 0.269 e. The van der Waals surface area contributed by atoms with Crippen LogP contribution in [0, 0.1) is 17.0 Å². The van der Waals surface area contributed by atoms with Gasteiger partial charge in [-0.15, -0.1) is 0 Å². The van der Waals surface area contributed by atoms with Crippen molar-refractivity contribution in [2.75, 3.05) is 17.3 Å². The fourth-order valence-electron chi connectivity index (χ4n) is 1.60. The molecule has 1 atom stereocenters. The Labute approximate surface area is 122 Å². The highest BCUT2D eigenvalue weighted by molar-refractivity contribution is 7.90. The maximum absolute atomic E-state index is 11.8. The summed E-state index contributed by atoms with van der Waals surface area (Å²) >= 11 is 0. The first-order chi connectivity index (χ1) is 9.60. The summed E-state index contributed by atoms with van der Waals surface area (Å²) < 4.78 is 22.0. The lowest BCUT2D eigenvalue weighted by molar-refractivity contribution is -0.384. The second-order valence-electron chi connectivity index (χ2n) is 4.77.